The van der Waals surface area contributed by atoms with E-state index in [4.69, 9.17) is 10.8 Å². The molecule has 5 heteroatoms. The maximum absolute atomic E-state index is 11.0. The third-order valence-corrected chi connectivity index (χ3v) is 2.63. The van der Waals surface area contributed by atoms with Crippen LogP contribution in [0.5, 0.6) is 11.5 Å². The van der Waals surface area contributed by atoms with Crippen molar-refractivity contribution >= 4 is 5.97 Å². The molecule has 0 fully saturated rings. The molecule has 0 saturated heterocycles. The highest BCUT2D eigenvalue weighted by Crippen LogP contribution is 2.26. The van der Waals surface area contributed by atoms with Crippen LogP contribution in [0.25, 0.3) is 0 Å². The number of hydrogen-bond acceptors (Lipinski definition) is 4. The van der Waals surface area contributed by atoms with E-state index in [1.165, 1.54) is 18.2 Å². The minimum absolute atomic E-state index is 0.0287. The summed E-state index contributed by atoms with van der Waals surface area (Å²) < 4.78 is 0. The lowest BCUT2D eigenvalue weighted by Crippen LogP contribution is -2.49. The first-order valence-corrected chi connectivity index (χ1v) is 4.92. The second-order valence-corrected chi connectivity index (χ2v) is 3.80. The van der Waals surface area contributed by atoms with Crippen molar-refractivity contribution in [2.45, 2.75) is 25.3 Å². The lowest BCUT2D eigenvalue weighted by Gasteiger charge is -2.23. The average Bonchev–Trinajstić information content (AvgIpc) is 2.23. The first-order chi connectivity index (χ1) is 7.39. The molecular weight excluding hydrogens is 210 g/mol. The lowest BCUT2D eigenvalue weighted by atomic mass is 9.89. The van der Waals surface area contributed by atoms with Crippen LogP contribution < -0.4 is 5.73 Å². The third kappa shape index (κ3) is 2.43. The van der Waals surface area contributed by atoms with Crippen molar-refractivity contribution in [2.75, 3.05) is 0 Å². The van der Waals surface area contributed by atoms with Crippen LogP contribution in [0.3, 0.4) is 0 Å². The van der Waals surface area contributed by atoms with Crippen LogP contribution in [0.4, 0.5) is 0 Å². The zero-order chi connectivity index (χ0) is 12.3. The van der Waals surface area contributed by atoms with Gasteiger partial charge in [0, 0.05) is 6.42 Å². The summed E-state index contributed by atoms with van der Waals surface area (Å²) in [6.45, 7) is 1.66. The molecule has 0 saturated carbocycles. The van der Waals surface area contributed by atoms with Gasteiger partial charge in [0.25, 0.3) is 0 Å². The molecule has 16 heavy (non-hydrogen) atoms. The third-order valence-electron chi connectivity index (χ3n) is 2.63. The molecule has 0 bridgehead atoms. The first kappa shape index (κ1) is 12.3. The maximum Gasteiger partial charge on any atom is 0.324 e. The van der Waals surface area contributed by atoms with E-state index in [-0.39, 0.29) is 24.3 Å². The molecule has 1 unspecified atom stereocenters. The number of nitrogens with two attached hydrogens (primary N) is 1. The van der Waals surface area contributed by atoms with Gasteiger partial charge in [-0.15, -0.1) is 0 Å². The summed E-state index contributed by atoms with van der Waals surface area (Å²) in [5.74, 6) is -1.23. The monoisotopic (exact) mass is 225 g/mol. The van der Waals surface area contributed by atoms with Crippen LogP contribution in [-0.4, -0.2) is 26.8 Å². The van der Waals surface area contributed by atoms with Gasteiger partial charge < -0.3 is 21.1 Å². The normalized spacial score (nSPS) is 14.4. The Labute approximate surface area is 93.1 Å². The van der Waals surface area contributed by atoms with E-state index in [2.05, 4.69) is 0 Å². The molecule has 0 aliphatic rings. The molecule has 1 rings (SSSR count). The van der Waals surface area contributed by atoms with Crippen molar-refractivity contribution in [3.63, 3.8) is 0 Å². The molecule has 1 aromatic rings. The Balaban J connectivity index is 3.03. The average molecular weight is 225 g/mol. The number of phenols is 2. The van der Waals surface area contributed by atoms with Gasteiger partial charge in [0.15, 0.2) is 0 Å². The number of aliphatic carboxylic acids is 1. The van der Waals surface area contributed by atoms with Crippen molar-refractivity contribution in [2.24, 2.45) is 5.73 Å². The molecule has 0 heterocycles. The van der Waals surface area contributed by atoms with Crippen LogP contribution in [-0.2, 0) is 11.2 Å². The molecule has 0 aliphatic heterocycles. The van der Waals surface area contributed by atoms with Gasteiger partial charge in [0.05, 0.1) is 0 Å². The van der Waals surface area contributed by atoms with Crippen molar-refractivity contribution in [1.29, 1.82) is 0 Å². The van der Waals surface area contributed by atoms with Crippen LogP contribution in [0.2, 0.25) is 0 Å². The van der Waals surface area contributed by atoms with E-state index in [1.54, 1.807) is 6.92 Å². The minimum atomic E-state index is -1.43. The Bertz CT molecular complexity index is 405. The summed E-state index contributed by atoms with van der Waals surface area (Å²) in [4.78, 5) is 11.0. The van der Waals surface area contributed by atoms with Gasteiger partial charge in [0.1, 0.15) is 17.0 Å². The quantitative estimate of drug-likeness (QED) is 0.568. The van der Waals surface area contributed by atoms with Gasteiger partial charge in [-0.25, -0.2) is 0 Å². The summed E-state index contributed by atoms with van der Waals surface area (Å²) in [5, 5.41) is 27.7. The molecule has 0 aliphatic carbocycles. The number of carbonyl (C=O) groups is 1. The number of phenolic OH excluding ortho intramolecular Hbond substituents is 2. The Morgan fingerprint density at radius 1 is 1.44 bits per heavy atom. The SMILES string of the molecule is CCC(N)(Cc1cc(O)ccc1O)C(=O)O. The molecule has 88 valence electrons. The molecule has 0 spiro atoms. The molecule has 0 radical (unpaired) electrons. The van der Waals surface area contributed by atoms with E-state index in [9.17, 15) is 15.0 Å². The molecule has 0 aromatic heterocycles. The highest BCUT2D eigenvalue weighted by molar-refractivity contribution is 5.79. The second kappa shape index (κ2) is 4.40. The van der Waals surface area contributed by atoms with Crippen molar-refractivity contribution in [1.82, 2.24) is 0 Å². The van der Waals surface area contributed by atoms with E-state index in [0.717, 1.165) is 0 Å². The zero-order valence-corrected chi connectivity index (χ0v) is 8.97. The Hall–Kier alpha value is -1.75. The molecule has 1 aromatic carbocycles. The topological polar surface area (TPSA) is 104 Å². The number of carboxylic acid groups (broad SMARTS) is 1. The van der Waals surface area contributed by atoms with Crippen LogP contribution in [0.15, 0.2) is 18.2 Å². The summed E-state index contributed by atoms with van der Waals surface area (Å²) in [7, 11) is 0. The Morgan fingerprint density at radius 3 is 2.56 bits per heavy atom. The summed E-state index contributed by atoms with van der Waals surface area (Å²) >= 11 is 0. The van der Waals surface area contributed by atoms with E-state index in [1.807, 2.05) is 0 Å². The van der Waals surface area contributed by atoms with E-state index >= 15 is 0 Å². The zero-order valence-electron chi connectivity index (χ0n) is 8.97. The van der Waals surface area contributed by atoms with Crippen molar-refractivity contribution in [3.05, 3.63) is 23.8 Å². The van der Waals surface area contributed by atoms with Gasteiger partial charge >= 0.3 is 5.97 Å². The number of aromatic hydroxyl groups is 2. The van der Waals surface area contributed by atoms with Crippen LogP contribution >= 0.6 is 0 Å². The largest absolute Gasteiger partial charge is 0.508 e. The van der Waals surface area contributed by atoms with Crippen molar-refractivity contribution < 1.29 is 20.1 Å². The van der Waals surface area contributed by atoms with E-state index in [0.29, 0.717) is 5.56 Å². The fourth-order valence-corrected chi connectivity index (χ4v) is 1.41. The second-order valence-electron chi connectivity index (χ2n) is 3.80. The first-order valence-electron chi connectivity index (χ1n) is 4.92. The predicted molar refractivity (Wildman–Crippen MR) is 58.3 cm³/mol. The Kier molecular flexibility index (Phi) is 3.39. The summed E-state index contributed by atoms with van der Waals surface area (Å²) in [6, 6.07) is 3.95. The number of benzene rings is 1. The molecule has 5 N–H and O–H groups in total. The Morgan fingerprint density at radius 2 is 2.06 bits per heavy atom. The van der Waals surface area contributed by atoms with Crippen LogP contribution in [0.1, 0.15) is 18.9 Å². The van der Waals surface area contributed by atoms with Gasteiger partial charge in [-0.05, 0) is 30.2 Å². The minimum Gasteiger partial charge on any atom is -0.508 e. The fraction of sp³-hybridized carbons (Fsp3) is 0.364. The molecule has 0 amide bonds. The summed E-state index contributed by atoms with van der Waals surface area (Å²) in [5.41, 5.74) is 4.60. The highest BCUT2D eigenvalue weighted by atomic mass is 16.4. The van der Waals surface area contributed by atoms with Gasteiger partial charge in [-0.2, -0.15) is 0 Å². The lowest BCUT2D eigenvalue weighted by molar-refractivity contribution is -0.143. The van der Waals surface area contributed by atoms with Gasteiger partial charge in [0.2, 0.25) is 0 Å². The van der Waals surface area contributed by atoms with E-state index < -0.39 is 11.5 Å². The fourth-order valence-electron chi connectivity index (χ4n) is 1.41. The molecule has 5 nitrogen and oxygen atoms in total. The smallest absolute Gasteiger partial charge is 0.324 e. The van der Waals surface area contributed by atoms with Crippen molar-refractivity contribution in [3.8, 4) is 11.5 Å². The standard InChI is InChI=1S/C11H15NO4/c1-2-11(12,10(15)16)6-7-5-8(13)3-4-9(7)14/h3-5,13-14H,2,6,12H2,1H3,(H,15,16). The number of hydrogen-bond donors (Lipinski definition) is 4. The van der Waals surface area contributed by atoms with Crippen LogP contribution in [0, 0.1) is 0 Å². The van der Waals surface area contributed by atoms with Gasteiger partial charge in [-0.3, -0.25) is 4.79 Å². The van der Waals surface area contributed by atoms with Gasteiger partial charge in [-0.1, -0.05) is 6.92 Å². The number of carboxylic acids is 1. The summed E-state index contributed by atoms with van der Waals surface area (Å²) in [6.07, 6.45) is 0.205. The maximum atomic E-state index is 11.0. The number of rotatable bonds is 4. The molecule has 1 atom stereocenters. The molecular formula is C11H15NO4. The predicted octanol–water partition coefficient (Wildman–Crippen LogP) is 0.832. The highest BCUT2D eigenvalue weighted by Gasteiger charge is 2.32.